The van der Waals surface area contributed by atoms with Gasteiger partial charge in [0.05, 0.1) is 0 Å². The fraction of sp³-hybridized carbons (Fsp3) is 0.600. The van der Waals surface area contributed by atoms with Crippen LogP contribution in [-0.2, 0) is 14.2 Å². The Morgan fingerprint density at radius 1 is 1.55 bits per heavy atom. The summed E-state index contributed by atoms with van der Waals surface area (Å²) in [6.07, 6.45) is -0.657. The van der Waals surface area contributed by atoms with E-state index in [0.29, 0.717) is 0 Å². The average molecular weight is 179 g/mol. The van der Waals surface area contributed by atoms with Gasteiger partial charge in [0.15, 0.2) is 0 Å². The molecular formula is C5H8O5P+. The lowest BCUT2D eigenvalue weighted by Crippen LogP contribution is -2.23. The predicted molar refractivity (Wildman–Crippen MR) is 36.8 cm³/mol. The smallest absolute Gasteiger partial charge is 0.378 e. The second-order valence-corrected chi connectivity index (χ2v) is 3.80. The molecule has 2 atom stereocenters. The van der Waals surface area contributed by atoms with Crippen molar-refractivity contribution in [2.45, 2.75) is 12.6 Å². The van der Waals surface area contributed by atoms with Gasteiger partial charge >= 0.3 is 13.8 Å². The quantitative estimate of drug-likeness (QED) is 0.460. The van der Waals surface area contributed by atoms with Crippen LogP contribution in [0.15, 0.2) is 0 Å². The van der Waals surface area contributed by atoms with Crippen molar-refractivity contribution in [1.29, 1.82) is 0 Å². The molecular weight excluding hydrogens is 171 g/mol. The number of aliphatic hydroxyl groups excluding tert-OH is 1. The monoisotopic (exact) mass is 179 g/mol. The van der Waals surface area contributed by atoms with Crippen molar-refractivity contribution in [2.75, 3.05) is 6.35 Å². The molecule has 0 spiro atoms. The average Bonchev–Trinajstić information content (AvgIpc) is 2.00. The molecule has 0 fully saturated rings. The summed E-state index contributed by atoms with van der Waals surface area (Å²) in [5.41, 5.74) is -1.10. The molecule has 6 heteroatoms. The van der Waals surface area contributed by atoms with Crippen molar-refractivity contribution in [3.63, 3.8) is 0 Å². The Bertz CT molecular complexity index is 199. The molecule has 0 saturated heterocycles. The summed E-state index contributed by atoms with van der Waals surface area (Å²) in [6.45, 7) is 1.21. The first-order valence-corrected chi connectivity index (χ1v) is 4.34. The van der Waals surface area contributed by atoms with Gasteiger partial charge in [0.2, 0.25) is 12.0 Å². The molecule has 0 aromatic rings. The van der Waals surface area contributed by atoms with E-state index in [-0.39, 0.29) is 0 Å². The Hall–Kier alpha value is -0.800. The van der Waals surface area contributed by atoms with Crippen LogP contribution in [0.1, 0.15) is 6.92 Å². The van der Waals surface area contributed by atoms with Gasteiger partial charge in [-0.1, -0.05) is 4.57 Å². The lowest BCUT2D eigenvalue weighted by molar-refractivity contribution is -0.148. The van der Waals surface area contributed by atoms with E-state index >= 15 is 0 Å². The molecule has 0 heterocycles. The highest BCUT2D eigenvalue weighted by molar-refractivity contribution is 7.46. The third-order valence-corrected chi connectivity index (χ3v) is 2.54. The van der Waals surface area contributed by atoms with Crippen LogP contribution in [0.25, 0.3) is 0 Å². The first kappa shape index (κ1) is 10.2. The van der Waals surface area contributed by atoms with Crippen LogP contribution in [0.4, 0.5) is 0 Å². The van der Waals surface area contributed by atoms with Crippen LogP contribution in [0.2, 0.25) is 0 Å². The van der Waals surface area contributed by atoms with E-state index in [1.54, 1.807) is 0 Å². The number of hydrogen-bond donors (Lipinski definition) is 2. The third kappa shape index (κ3) is 2.74. The Morgan fingerprint density at radius 3 is 2.27 bits per heavy atom. The molecule has 62 valence electrons. The van der Waals surface area contributed by atoms with E-state index in [9.17, 15) is 14.2 Å². The van der Waals surface area contributed by atoms with Crippen LogP contribution in [-0.4, -0.2) is 34.0 Å². The van der Waals surface area contributed by atoms with E-state index in [1.165, 1.54) is 6.92 Å². The highest BCUT2D eigenvalue weighted by Gasteiger charge is 2.35. The number of ketones is 1. The summed E-state index contributed by atoms with van der Waals surface area (Å²) in [5.74, 6) is -2.74. The van der Waals surface area contributed by atoms with Crippen LogP contribution >= 0.6 is 7.80 Å². The maximum Gasteiger partial charge on any atom is 0.378 e. The van der Waals surface area contributed by atoms with Gasteiger partial charge in [-0.25, -0.2) is 4.79 Å². The van der Waals surface area contributed by atoms with E-state index in [0.717, 1.165) is 0 Å². The molecule has 0 saturated carbocycles. The number of aliphatic carboxylic acids is 1. The van der Waals surface area contributed by atoms with Gasteiger partial charge in [0.1, 0.15) is 0 Å². The highest BCUT2D eigenvalue weighted by Crippen LogP contribution is 2.26. The van der Waals surface area contributed by atoms with Gasteiger partial charge in [0.25, 0.3) is 5.78 Å². The summed E-state index contributed by atoms with van der Waals surface area (Å²) in [7, 11) is -2.14. The van der Waals surface area contributed by atoms with Crippen LogP contribution in [0.5, 0.6) is 0 Å². The normalized spacial score (nSPS) is 13.8. The largest absolute Gasteiger partial charge is 0.475 e. The summed E-state index contributed by atoms with van der Waals surface area (Å²) < 4.78 is 10.7. The molecule has 0 bridgehead atoms. The van der Waals surface area contributed by atoms with Gasteiger partial charge < -0.3 is 10.2 Å². The topological polar surface area (TPSA) is 91.7 Å². The Morgan fingerprint density at radius 2 is 2.00 bits per heavy atom. The minimum absolute atomic E-state index is 0.657. The molecule has 2 unspecified atom stereocenters. The number of carbonyl (C=O) groups excluding carboxylic acids is 1. The summed E-state index contributed by atoms with van der Waals surface area (Å²) >= 11 is 0. The van der Waals surface area contributed by atoms with Crippen molar-refractivity contribution in [3.05, 3.63) is 0 Å². The SMILES string of the molecule is CC(C(=O)C(=O)O)[P+](=O)CO. The van der Waals surface area contributed by atoms with Crippen molar-refractivity contribution in [2.24, 2.45) is 0 Å². The number of carboxylic acids is 1. The molecule has 2 N–H and O–H groups in total. The van der Waals surface area contributed by atoms with Crippen LogP contribution < -0.4 is 0 Å². The summed E-state index contributed by atoms with van der Waals surface area (Å²) in [5, 5.41) is 16.4. The van der Waals surface area contributed by atoms with Crippen LogP contribution in [0, 0.1) is 0 Å². The lowest BCUT2D eigenvalue weighted by Gasteiger charge is -1.92. The molecule has 0 aliphatic carbocycles. The first-order chi connectivity index (χ1) is 5.00. The van der Waals surface area contributed by atoms with Crippen molar-refractivity contribution in [1.82, 2.24) is 0 Å². The minimum Gasteiger partial charge on any atom is -0.475 e. The predicted octanol–water partition coefficient (Wildman–Crippen LogP) is -0.194. The maximum absolute atomic E-state index is 10.7. The molecule has 0 aliphatic rings. The second-order valence-electron chi connectivity index (χ2n) is 1.90. The fourth-order valence-corrected chi connectivity index (χ4v) is 1.05. The number of carbonyl (C=O) groups is 2. The molecule has 11 heavy (non-hydrogen) atoms. The zero-order valence-corrected chi connectivity index (χ0v) is 6.75. The Kier molecular flexibility index (Phi) is 3.85. The molecule has 0 aromatic carbocycles. The number of Topliss-reactive ketones (excluding diaryl/α,β-unsaturated/α-hetero) is 1. The Balaban J connectivity index is 4.25. The third-order valence-electron chi connectivity index (χ3n) is 1.16. The number of hydrogen-bond acceptors (Lipinski definition) is 4. The van der Waals surface area contributed by atoms with E-state index in [2.05, 4.69) is 0 Å². The number of rotatable bonds is 4. The summed E-state index contributed by atoms with van der Waals surface area (Å²) in [4.78, 5) is 20.6. The van der Waals surface area contributed by atoms with Crippen molar-refractivity contribution < 1.29 is 24.4 Å². The van der Waals surface area contributed by atoms with Crippen molar-refractivity contribution >= 4 is 19.6 Å². The molecule has 5 nitrogen and oxygen atoms in total. The molecule has 0 amide bonds. The molecule has 0 radical (unpaired) electrons. The van der Waals surface area contributed by atoms with E-state index in [4.69, 9.17) is 10.2 Å². The summed E-state index contributed by atoms with van der Waals surface area (Å²) in [6, 6.07) is 0. The standard InChI is InChI=1S/C5H7O5P/c1-3(11(10)2-6)4(7)5(8)9/h3,6H,2H2,1H3/p+1. The number of aliphatic hydroxyl groups is 1. The van der Waals surface area contributed by atoms with Crippen LogP contribution in [0.3, 0.4) is 0 Å². The lowest BCUT2D eigenvalue weighted by atomic mass is 10.3. The van der Waals surface area contributed by atoms with E-state index < -0.39 is 31.6 Å². The van der Waals surface area contributed by atoms with Gasteiger partial charge in [-0.3, -0.25) is 4.79 Å². The van der Waals surface area contributed by atoms with Gasteiger partial charge in [-0.2, -0.15) is 0 Å². The Labute approximate surface area is 63.8 Å². The van der Waals surface area contributed by atoms with Crippen molar-refractivity contribution in [3.8, 4) is 0 Å². The van der Waals surface area contributed by atoms with Gasteiger partial charge in [-0.05, 0) is 6.92 Å². The molecule has 0 aromatic heterocycles. The van der Waals surface area contributed by atoms with E-state index in [1.807, 2.05) is 0 Å². The number of carboxylic acid groups (broad SMARTS) is 1. The van der Waals surface area contributed by atoms with Gasteiger partial charge in [0, 0.05) is 0 Å². The molecule has 0 rings (SSSR count). The molecule has 0 aliphatic heterocycles. The first-order valence-electron chi connectivity index (χ1n) is 2.82. The minimum atomic E-state index is -2.14. The fourth-order valence-electron chi connectivity index (χ4n) is 0.432. The second kappa shape index (κ2) is 4.16. The zero-order chi connectivity index (χ0) is 9.02. The van der Waals surface area contributed by atoms with Gasteiger partial charge in [-0.15, -0.1) is 0 Å². The maximum atomic E-state index is 10.7. The zero-order valence-electron chi connectivity index (χ0n) is 5.85. The highest BCUT2D eigenvalue weighted by atomic mass is 31.1.